The number of hydrogen-bond acceptors (Lipinski definition) is 2. The predicted molar refractivity (Wildman–Crippen MR) is 62.1 cm³/mol. The first kappa shape index (κ1) is 12.5. The maximum Gasteiger partial charge on any atom is 0.0949 e. The zero-order valence-corrected chi connectivity index (χ0v) is 10.2. The Morgan fingerprint density at radius 1 is 1.47 bits per heavy atom. The number of nitrogens with zero attached hydrogens (tertiary/aromatic N) is 2. The van der Waals surface area contributed by atoms with Crippen LogP contribution in [0.15, 0.2) is 12.5 Å². The molecule has 0 saturated heterocycles. The van der Waals surface area contributed by atoms with Gasteiger partial charge in [-0.15, -0.1) is 11.6 Å². The molecule has 4 heteroatoms. The molecule has 15 heavy (non-hydrogen) atoms. The quantitative estimate of drug-likeness (QED) is 0.532. The summed E-state index contributed by atoms with van der Waals surface area (Å²) in [7, 11) is 0. The lowest BCUT2D eigenvalue weighted by Crippen LogP contribution is -2.08. The van der Waals surface area contributed by atoms with Crippen LogP contribution in [-0.2, 0) is 17.2 Å². The zero-order chi connectivity index (χ0) is 11.1. The molecular weight excluding hydrogens is 212 g/mol. The van der Waals surface area contributed by atoms with Gasteiger partial charge in [-0.05, 0) is 12.3 Å². The van der Waals surface area contributed by atoms with Crippen LogP contribution in [0.3, 0.4) is 0 Å². The van der Waals surface area contributed by atoms with Crippen molar-refractivity contribution in [2.75, 3.05) is 13.2 Å². The Kier molecular flexibility index (Phi) is 5.73. The second kappa shape index (κ2) is 6.85. The van der Waals surface area contributed by atoms with Crippen LogP contribution in [0.25, 0.3) is 0 Å². The van der Waals surface area contributed by atoms with Gasteiger partial charge in [0, 0.05) is 19.3 Å². The molecule has 1 aromatic rings. The first-order chi connectivity index (χ1) is 7.24. The average molecular weight is 231 g/mol. The third-order valence-electron chi connectivity index (χ3n) is 2.25. The molecule has 0 aromatic carbocycles. The van der Waals surface area contributed by atoms with E-state index in [1.165, 1.54) is 0 Å². The number of ether oxygens (including phenoxy) is 1. The van der Waals surface area contributed by atoms with Crippen molar-refractivity contribution in [3.63, 3.8) is 0 Å². The largest absolute Gasteiger partial charge is 0.380 e. The molecule has 0 unspecified atom stereocenters. The minimum Gasteiger partial charge on any atom is -0.380 e. The summed E-state index contributed by atoms with van der Waals surface area (Å²) >= 11 is 5.75. The predicted octanol–water partition coefficient (Wildman–Crippen LogP) is 2.68. The van der Waals surface area contributed by atoms with Crippen molar-refractivity contribution in [2.45, 2.75) is 32.7 Å². The highest BCUT2D eigenvalue weighted by molar-refractivity contribution is 6.16. The maximum absolute atomic E-state index is 5.75. The van der Waals surface area contributed by atoms with E-state index in [0.29, 0.717) is 11.8 Å². The Hall–Kier alpha value is -0.540. The molecule has 1 heterocycles. The van der Waals surface area contributed by atoms with E-state index in [2.05, 4.69) is 18.8 Å². The molecular formula is C11H19ClN2O. The average Bonchev–Trinajstić information content (AvgIpc) is 2.64. The highest BCUT2D eigenvalue weighted by Gasteiger charge is 2.00. The summed E-state index contributed by atoms with van der Waals surface area (Å²) in [4.78, 5) is 4.04. The topological polar surface area (TPSA) is 27.1 Å². The van der Waals surface area contributed by atoms with Gasteiger partial charge >= 0.3 is 0 Å². The van der Waals surface area contributed by atoms with Crippen molar-refractivity contribution in [3.05, 3.63) is 18.2 Å². The fourth-order valence-electron chi connectivity index (χ4n) is 1.24. The van der Waals surface area contributed by atoms with Gasteiger partial charge in [-0.25, -0.2) is 4.98 Å². The number of rotatable bonds is 7. The van der Waals surface area contributed by atoms with Gasteiger partial charge < -0.3 is 9.30 Å². The minimum absolute atomic E-state index is 0.506. The van der Waals surface area contributed by atoms with E-state index in [-0.39, 0.29) is 0 Å². The summed E-state index contributed by atoms with van der Waals surface area (Å²) in [6.45, 7) is 6.80. The van der Waals surface area contributed by atoms with Gasteiger partial charge in [-0.2, -0.15) is 0 Å². The van der Waals surface area contributed by atoms with Crippen LogP contribution in [0.4, 0.5) is 0 Å². The van der Waals surface area contributed by atoms with Crippen molar-refractivity contribution in [1.29, 1.82) is 0 Å². The van der Waals surface area contributed by atoms with Crippen molar-refractivity contribution < 1.29 is 4.74 Å². The molecule has 0 aliphatic rings. The van der Waals surface area contributed by atoms with E-state index in [0.717, 1.165) is 31.9 Å². The molecule has 0 amide bonds. The summed E-state index contributed by atoms with van der Waals surface area (Å²) < 4.78 is 7.56. The smallest absolute Gasteiger partial charge is 0.0949 e. The summed E-state index contributed by atoms with van der Waals surface area (Å²) in [6, 6.07) is 0. The number of halogens is 1. The van der Waals surface area contributed by atoms with E-state index >= 15 is 0 Å². The Labute approximate surface area is 96.4 Å². The van der Waals surface area contributed by atoms with Crippen LogP contribution in [0.5, 0.6) is 0 Å². The summed E-state index contributed by atoms with van der Waals surface area (Å²) in [6.07, 6.45) is 4.71. The molecule has 0 radical (unpaired) electrons. The fourth-order valence-corrected chi connectivity index (χ4v) is 1.47. The van der Waals surface area contributed by atoms with Crippen molar-refractivity contribution in [1.82, 2.24) is 9.55 Å². The molecule has 0 saturated carbocycles. The van der Waals surface area contributed by atoms with Crippen LogP contribution in [-0.4, -0.2) is 22.8 Å². The molecule has 3 nitrogen and oxygen atoms in total. The zero-order valence-electron chi connectivity index (χ0n) is 9.45. The molecule has 0 atom stereocenters. The molecule has 0 spiro atoms. The Morgan fingerprint density at radius 3 is 2.93 bits per heavy atom. The number of alkyl halides is 1. The summed E-state index contributed by atoms with van der Waals surface area (Å²) in [5.74, 6) is 1.21. The van der Waals surface area contributed by atoms with Crippen molar-refractivity contribution in [3.8, 4) is 0 Å². The first-order valence-corrected chi connectivity index (χ1v) is 5.90. The van der Waals surface area contributed by atoms with E-state index in [4.69, 9.17) is 16.3 Å². The van der Waals surface area contributed by atoms with Gasteiger partial charge in [-0.3, -0.25) is 0 Å². The molecule has 0 bridgehead atoms. The van der Waals surface area contributed by atoms with Gasteiger partial charge in [0.05, 0.1) is 24.5 Å². The second-order valence-corrected chi connectivity index (χ2v) is 4.27. The lowest BCUT2D eigenvalue weighted by molar-refractivity contribution is 0.116. The lowest BCUT2D eigenvalue weighted by Gasteiger charge is -2.08. The molecule has 0 aliphatic heterocycles. The SMILES string of the molecule is CC(C)CCOCCn1cncc1CCl. The number of aromatic nitrogens is 2. The third-order valence-corrected chi connectivity index (χ3v) is 2.53. The molecule has 86 valence electrons. The monoisotopic (exact) mass is 230 g/mol. The van der Waals surface area contributed by atoms with Gasteiger partial charge in [-0.1, -0.05) is 13.8 Å². The molecule has 1 rings (SSSR count). The maximum atomic E-state index is 5.75. The molecule has 0 N–H and O–H groups in total. The van der Waals surface area contributed by atoms with Crippen LogP contribution in [0.2, 0.25) is 0 Å². The van der Waals surface area contributed by atoms with Gasteiger partial charge in [0.1, 0.15) is 0 Å². The number of imidazole rings is 1. The third kappa shape index (κ3) is 4.67. The summed E-state index contributed by atoms with van der Waals surface area (Å²) in [5, 5.41) is 0. The number of hydrogen-bond donors (Lipinski definition) is 0. The second-order valence-electron chi connectivity index (χ2n) is 4.01. The van der Waals surface area contributed by atoms with Crippen LogP contribution >= 0.6 is 11.6 Å². The minimum atomic E-state index is 0.506. The fraction of sp³-hybridized carbons (Fsp3) is 0.727. The van der Waals surface area contributed by atoms with Crippen LogP contribution in [0.1, 0.15) is 26.0 Å². The Bertz CT molecular complexity index is 273. The van der Waals surface area contributed by atoms with Gasteiger partial charge in [0.2, 0.25) is 0 Å². The Morgan fingerprint density at radius 2 is 2.27 bits per heavy atom. The first-order valence-electron chi connectivity index (χ1n) is 5.36. The molecule has 0 aliphatic carbocycles. The highest BCUT2D eigenvalue weighted by atomic mass is 35.5. The van der Waals surface area contributed by atoms with E-state index in [1.807, 2.05) is 4.57 Å². The summed E-state index contributed by atoms with van der Waals surface area (Å²) in [5.41, 5.74) is 1.05. The van der Waals surface area contributed by atoms with Gasteiger partial charge in [0.15, 0.2) is 0 Å². The Balaban J connectivity index is 2.15. The van der Waals surface area contributed by atoms with E-state index in [9.17, 15) is 0 Å². The van der Waals surface area contributed by atoms with E-state index < -0.39 is 0 Å². The molecule has 0 fully saturated rings. The van der Waals surface area contributed by atoms with Crippen LogP contribution < -0.4 is 0 Å². The van der Waals surface area contributed by atoms with Gasteiger partial charge in [0.25, 0.3) is 0 Å². The lowest BCUT2D eigenvalue weighted by atomic mass is 10.1. The van der Waals surface area contributed by atoms with Crippen molar-refractivity contribution >= 4 is 11.6 Å². The van der Waals surface area contributed by atoms with Crippen molar-refractivity contribution in [2.24, 2.45) is 5.92 Å². The normalized spacial score (nSPS) is 11.2. The highest BCUT2D eigenvalue weighted by Crippen LogP contribution is 2.03. The van der Waals surface area contributed by atoms with Crippen LogP contribution in [0, 0.1) is 5.92 Å². The molecule has 1 aromatic heterocycles. The van der Waals surface area contributed by atoms with E-state index in [1.54, 1.807) is 12.5 Å². The standard InChI is InChI=1S/C11H19ClN2O/c1-10(2)3-5-15-6-4-14-9-13-8-11(14)7-12/h8-10H,3-7H2,1-2H3.